The number of hydrogen-bond donors (Lipinski definition) is 2. The Hall–Kier alpha value is -2.37. The molecule has 2 aromatic rings. The number of nitrogens with two attached hydrogens (primary N) is 1. The van der Waals surface area contributed by atoms with E-state index in [1.807, 2.05) is 62.4 Å². The second-order valence-electron chi connectivity index (χ2n) is 7.88. The van der Waals surface area contributed by atoms with Gasteiger partial charge in [0.25, 0.3) is 0 Å². The molecule has 0 bridgehead atoms. The Morgan fingerprint density at radius 1 is 1.03 bits per heavy atom. The standard InChI is InChI=1S/C23H29N3O2.ClH/c1-16(2)22(25-21(27)13-17-9-5-3-6-10-17)23(28)26-14-19(20(24)15-26)18-11-7-4-8-12-18;/h3-12,16,19-20,22H,13-15,24H2,1-2H3,(H,25,27);1H/t19-,20+,22?;/m0./s1. The molecule has 1 aliphatic rings. The van der Waals surface area contributed by atoms with Gasteiger partial charge in [0, 0.05) is 25.0 Å². The molecule has 2 amide bonds. The zero-order valence-electron chi connectivity index (χ0n) is 17.0. The third-order valence-electron chi connectivity index (χ3n) is 5.36. The molecule has 6 heteroatoms. The quantitative estimate of drug-likeness (QED) is 0.761. The number of likely N-dealkylation sites (tertiary alicyclic amines) is 1. The van der Waals surface area contributed by atoms with Crippen LogP contribution in [0.5, 0.6) is 0 Å². The lowest BCUT2D eigenvalue weighted by Crippen LogP contribution is -2.51. The molecular formula is C23H30ClN3O2. The van der Waals surface area contributed by atoms with Gasteiger partial charge in [-0.05, 0) is 17.0 Å². The molecule has 29 heavy (non-hydrogen) atoms. The third-order valence-corrected chi connectivity index (χ3v) is 5.36. The molecule has 1 unspecified atom stereocenters. The molecule has 1 fully saturated rings. The Balaban J connectivity index is 0.00000300. The summed E-state index contributed by atoms with van der Waals surface area (Å²) in [5, 5.41) is 2.94. The van der Waals surface area contributed by atoms with E-state index in [2.05, 4.69) is 17.4 Å². The SMILES string of the molecule is CC(C)C(NC(=O)Cc1ccccc1)C(=O)N1C[C@@H](N)[C@H](c2ccccc2)C1.Cl. The van der Waals surface area contributed by atoms with E-state index in [-0.39, 0.29) is 48.5 Å². The van der Waals surface area contributed by atoms with Gasteiger partial charge in [0.1, 0.15) is 6.04 Å². The van der Waals surface area contributed by atoms with Crippen molar-refractivity contribution in [1.29, 1.82) is 0 Å². The molecule has 0 spiro atoms. The van der Waals surface area contributed by atoms with Crippen LogP contribution in [-0.2, 0) is 16.0 Å². The van der Waals surface area contributed by atoms with E-state index in [9.17, 15) is 9.59 Å². The first-order valence-electron chi connectivity index (χ1n) is 9.88. The molecular weight excluding hydrogens is 386 g/mol. The van der Waals surface area contributed by atoms with Crippen LogP contribution in [0.3, 0.4) is 0 Å². The summed E-state index contributed by atoms with van der Waals surface area (Å²) in [5.74, 6) is -0.0659. The number of carbonyl (C=O) groups is 2. The molecule has 5 nitrogen and oxygen atoms in total. The molecule has 1 aliphatic heterocycles. The summed E-state index contributed by atoms with van der Waals surface area (Å²) in [6.07, 6.45) is 0.267. The van der Waals surface area contributed by atoms with Crippen molar-refractivity contribution in [3.8, 4) is 0 Å². The molecule has 3 atom stereocenters. The van der Waals surface area contributed by atoms with Crippen LogP contribution in [0.1, 0.15) is 30.9 Å². The van der Waals surface area contributed by atoms with E-state index in [4.69, 9.17) is 5.73 Å². The van der Waals surface area contributed by atoms with E-state index in [1.165, 1.54) is 0 Å². The first-order chi connectivity index (χ1) is 13.5. The normalized spacial score (nSPS) is 19.5. The fraction of sp³-hybridized carbons (Fsp3) is 0.391. The van der Waals surface area contributed by atoms with E-state index in [0.29, 0.717) is 13.1 Å². The first kappa shape index (κ1) is 22.9. The van der Waals surface area contributed by atoms with E-state index < -0.39 is 6.04 Å². The number of carbonyl (C=O) groups excluding carboxylic acids is 2. The highest BCUT2D eigenvalue weighted by Gasteiger charge is 2.37. The summed E-state index contributed by atoms with van der Waals surface area (Å²) in [6.45, 7) is 5.00. The number of nitrogens with one attached hydrogen (secondary N) is 1. The topological polar surface area (TPSA) is 75.4 Å². The lowest BCUT2D eigenvalue weighted by molar-refractivity contribution is -0.136. The minimum Gasteiger partial charge on any atom is -0.344 e. The maximum atomic E-state index is 13.2. The lowest BCUT2D eigenvalue weighted by atomic mass is 9.95. The van der Waals surface area contributed by atoms with Gasteiger partial charge in [-0.2, -0.15) is 0 Å². The zero-order valence-corrected chi connectivity index (χ0v) is 17.8. The van der Waals surface area contributed by atoms with Crippen molar-refractivity contribution >= 4 is 24.2 Å². The highest BCUT2D eigenvalue weighted by atomic mass is 35.5. The number of halogens is 1. The highest BCUT2D eigenvalue weighted by molar-refractivity contribution is 5.89. The van der Waals surface area contributed by atoms with Gasteiger partial charge in [-0.25, -0.2) is 0 Å². The maximum Gasteiger partial charge on any atom is 0.245 e. The van der Waals surface area contributed by atoms with Crippen LogP contribution >= 0.6 is 12.4 Å². The molecule has 3 rings (SSSR count). The number of rotatable bonds is 6. The summed E-state index contributed by atoms with van der Waals surface area (Å²) in [5.41, 5.74) is 8.42. The number of nitrogens with zero attached hydrogens (tertiary/aromatic N) is 1. The second-order valence-corrected chi connectivity index (χ2v) is 7.88. The zero-order chi connectivity index (χ0) is 20.1. The smallest absolute Gasteiger partial charge is 0.245 e. The Labute approximate surface area is 179 Å². The number of hydrogen-bond acceptors (Lipinski definition) is 3. The Morgan fingerprint density at radius 3 is 2.21 bits per heavy atom. The number of benzene rings is 2. The monoisotopic (exact) mass is 415 g/mol. The molecule has 2 aromatic carbocycles. The predicted molar refractivity (Wildman–Crippen MR) is 118 cm³/mol. The van der Waals surface area contributed by atoms with Crippen LogP contribution < -0.4 is 11.1 Å². The van der Waals surface area contributed by atoms with Crippen molar-refractivity contribution in [3.63, 3.8) is 0 Å². The fourth-order valence-corrected chi connectivity index (χ4v) is 3.78. The van der Waals surface area contributed by atoms with Gasteiger partial charge in [-0.3, -0.25) is 9.59 Å². The van der Waals surface area contributed by atoms with Gasteiger partial charge in [-0.1, -0.05) is 74.5 Å². The maximum absolute atomic E-state index is 13.2. The van der Waals surface area contributed by atoms with Gasteiger partial charge < -0.3 is 16.0 Å². The summed E-state index contributed by atoms with van der Waals surface area (Å²) in [6, 6.07) is 19.0. The molecule has 0 saturated carbocycles. The van der Waals surface area contributed by atoms with Gasteiger partial charge in [0.15, 0.2) is 0 Å². The first-order valence-corrected chi connectivity index (χ1v) is 9.88. The van der Waals surface area contributed by atoms with E-state index in [0.717, 1.165) is 11.1 Å². The van der Waals surface area contributed by atoms with Gasteiger partial charge in [-0.15, -0.1) is 12.4 Å². The third kappa shape index (κ3) is 5.81. The molecule has 0 radical (unpaired) electrons. The lowest BCUT2D eigenvalue weighted by Gasteiger charge is -2.27. The molecule has 1 saturated heterocycles. The van der Waals surface area contributed by atoms with Crippen molar-refractivity contribution < 1.29 is 9.59 Å². The van der Waals surface area contributed by atoms with Crippen LogP contribution in [0.4, 0.5) is 0 Å². The largest absolute Gasteiger partial charge is 0.344 e. The Kier molecular flexibility index (Phi) is 8.23. The Morgan fingerprint density at radius 2 is 1.62 bits per heavy atom. The molecule has 3 N–H and O–H groups in total. The minimum absolute atomic E-state index is 0. The van der Waals surface area contributed by atoms with Crippen molar-refractivity contribution in [2.75, 3.05) is 13.1 Å². The van der Waals surface area contributed by atoms with Crippen LogP contribution in [0, 0.1) is 5.92 Å². The van der Waals surface area contributed by atoms with Crippen LogP contribution in [0.15, 0.2) is 60.7 Å². The van der Waals surface area contributed by atoms with Gasteiger partial charge >= 0.3 is 0 Å². The van der Waals surface area contributed by atoms with Gasteiger partial charge in [0.05, 0.1) is 6.42 Å². The minimum atomic E-state index is -0.544. The number of amides is 2. The van der Waals surface area contributed by atoms with Gasteiger partial charge in [0.2, 0.25) is 11.8 Å². The van der Waals surface area contributed by atoms with Crippen molar-refractivity contribution in [1.82, 2.24) is 10.2 Å². The summed E-state index contributed by atoms with van der Waals surface area (Å²) < 4.78 is 0. The van der Waals surface area contributed by atoms with Crippen molar-refractivity contribution in [3.05, 3.63) is 71.8 Å². The molecule has 156 valence electrons. The fourth-order valence-electron chi connectivity index (χ4n) is 3.78. The van der Waals surface area contributed by atoms with Crippen molar-refractivity contribution in [2.24, 2.45) is 11.7 Å². The summed E-state index contributed by atoms with van der Waals surface area (Å²) in [7, 11) is 0. The van der Waals surface area contributed by atoms with Crippen molar-refractivity contribution in [2.45, 2.75) is 38.3 Å². The predicted octanol–water partition coefficient (Wildman–Crippen LogP) is 2.75. The second kappa shape index (κ2) is 10.4. The molecule has 0 aliphatic carbocycles. The summed E-state index contributed by atoms with van der Waals surface area (Å²) >= 11 is 0. The Bertz CT molecular complexity index is 798. The highest BCUT2D eigenvalue weighted by Crippen LogP contribution is 2.27. The van der Waals surface area contributed by atoms with Crippen LogP contribution in [0.25, 0.3) is 0 Å². The summed E-state index contributed by atoms with van der Waals surface area (Å²) in [4.78, 5) is 27.4. The van der Waals surface area contributed by atoms with E-state index in [1.54, 1.807) is 4.90 Å². The van der Waals surface area contributed by atoms with E-state index >= 15 is 0 Å². The van der Waals surface area contributed by atoms with Crippen LogP contribution in [-0.4, -0.2) is 41.9 Å². The average Bonchev–Trinajstić information content (AvgIpc) is 3.08. The average molecular weight is 416 g/mol. The molecule has 0 aromatic heterocycles. The molecule has 1 heterocycles. The van der Waals surface area contributed by atoms with Crippen LogP contribution in [0.2, 0.25) is 0 Å².